The van der Waals surface area contributed by atoms with Gasteiger partial charge in [-0.1, -0.05) is 6.92 Å². The van der Waals surface area contributed by atoms with Crippen LogP contribution in [0.15, 0.2) is 6.20 Å². The summed E-state index contributed by atoms with van der Waals surface area (Å²) in [5.74, 6) is 0. The smallest absolute Gasteiger partial charge is 0.0743 e. The Hall–Kier alpha value is -0.150. The normalized spacial score (nSPS) is 13.3. The van der Waals surface area contributed by atoms with Gasteiger partial charge in [-0.3, -0.25) is 0 Å². The van der Waals surface area contributed by atoms with E-state index >= 15 is 0 Å². The second-order valence-electron chi connectivity index (χ2n) is 2.44. The van der Waals surface area contributed by atoms with Crippen LogP contribution in [0, 0.1) is 0 Å². The lowest BCUT2D eigenvalue weighted by Crippen LogP contribution is -1.98. The number of hydrogen-bond donors (Lipinski definition) is 0. The average molecular weight is 191 g/mol. The van der Waals surface area contributed by atoms with E-state index in [1.807, 2.05) is 6.20 Å². The Morgan fingerprint density at radius 1 is 1.73 bits per heavy atom. The number of aryl methyl sites for hydroxylation is 1. The largest absolute Gasteiger partial charge is 0.181 e. The Balaban J connectivity index is 2.23. The summed E-state index contributed by atoms with van der Waals surface area (Å²) in [5, 5.41) is 0.289. The Morgan fingerprint density at radius 3 is 3.09 bits per heavy atom. The summed E-state index contributed by atoms with van der Waals surface area (Å²) in [5.41, 5.74) is 1.06. The SMILES string of the molecule is CCC(Cl)CCc1cnsn1. The molecule has 1 aromatic rings. The average Bonchev–Trinajstić information content (AvgIpc) is 2.52. The van der Waals surface area contributed by atoms with Gasteiger partial charge < -0.3 is 0 Å². The fourth-order valence-corrected chi connectivity index (χ4v) is 1.37. The zero-order valence-electron chi connectivity index (χ0n) is 6.46. The molecule has 1 rings (SSSR count). The van der Waals surface area contributed by atoms with E-state index in [0.717, 1.165) is 25.0 Å². The predicted octanol–water partition coefficient (Wildman–Crippen LogP) is 2.49. The summed E-state index contributed by atoms with van der Waals surface area (Å²) in [4.78, 5) is 0. The number of aromatic nitrogens is 2. The molecule has 0 aliphatic rings. The fourth-order valence-electron chi connectivity index (χ4n) is 0.803. The summed E-state index contributed by atoms with van der Waals surface area (Å²) in [6.45, 7) is 2.09. The molecule has 1 unspecified atom stereocenters. The molecule has 0 aliphatic carbocycles. The van der Waals surface area contributed by atoms with Crippen LogP contribution in [0.3, 0.4) is 0 Å². The van der Waals surface area contributed by atoms with Crippen molar-refractivity contribution in [1.29, 1.82) is 0 Å². The molecule has 0 saturated carbocycles. The van der Waals surface area contributed by atoms with E-state index in [0.29, 0.717) is 0 Å². The lowest BCUT2D eigenvalue weighted by Gasteiger charge is -2.02. The van der Waals surface area contributed by atoms with Crippen LogP contribution in [0.2, 0.25) is 0 Å². The minimum atomic E-state index is 0.289. The second kappa shape index (κ2) is 4.67. The first-order chi connectivity index (χ1) is 5.33. The highest BCUT2D eigenvalue weighted by Crippen LogP contribution is 2.10. The van der Waals surface area contributed by atoms with E-state index in [2.05, 4.69) is 15.7 Å². The quantitative estimate of drug-likeness (QED) is 0.682. The van der Waals surface area contributed by atoms with E-state index in [-0.39, 0.29) is 5.38 Å². The number of nitrogens with zero attached hydrogens (tertiary/aromatic N) is 2. The van der Waals surface area contributed by atoms with Crippen molar-refractivity contribution in [1.82, 2.24) is 8.75 Å². The van der Waals surface area contributed by atoms with Gasteiger partial charge in [0.05, 0.1) is 23.6 Å². The minimum Gasteiger partial charge on any atom is -0.181 e. The predicted molar refractivity (Wildman–Crippen MR) is 48.2 cm³/mol. The standard InChI is InChI=1S/C7H11ClN2S/c1-2-6(8)3-4-7-5-9-11-10-7/h5-6H,2-4H2,1H3. The Bertz CT molecular complexity index is 188. The fraction of sp³-hybridized carbons (Fsp3) is 0.714. The van der Waals surface area contributed by atoms with Crippen LogP contribution in [0.25, 0.3) is 0 Å². The topological polar surface area (TPSA) is 25.8 Å². The number of alkyl halides is 1. The van der Waals surface area contributed by atoms with Crippen LogP contribution in [0.5, 0.6) is 0 Å². The summed E-state index contributed by atoms with van der Waals surface area (Å²) in [7, 11) is 0. The van der Waals surface area contributed by atoms with Crippen LogP contribution >= 0.6 is 23.3 Å². The maximum absolute atomic E-state index is 5.94. The monoisotopic (exact) mass is 190 g/mol. The Morgan fingerprint density at radius 2 is 2.55 bits per heavy atom. The molecule has 0 saturated heterocycles. The molecule has 62 valence electrons. The highest BCUT2D eigenvalue weighted by atomic mass is 35.5. The molecule has 2 nitrogen and oxygen atoms in total. The number of rotatable bonds is 4. The number of hydrogen-bond acceptors (Lipinski definition) is 3. The molecule has 11 heavy (non-hydrogen) atoms. The number of halogens is 1. The van der Waals surface area contributed by atoms with Crippen molar-refractivity contribution in [3.05, 3.63) is 11.9 Å². The molecule has 0 radical (unpaired) electrons. The molecule has 0 aliphatic heterocycles. The Kier molecular flexibility index (Phi) is 3.80. The summed E-state index contributed by atoms with van der Waals surface area (Å²) in [6, 6.07) is 0. The third-order valence-corrected chi connectivity index (χ3v) is 2.61. The third-order valence-electron chi connectivity index (χ3n) is 1.56. The van der Waals surface area contributed by atoms with E-state index in [1.54, 1.807) is 0 Å². The van der Waals surface area contributed by atoms with Gasteiger partial charge in [0.2, 0.25) is 0 Å². The van der Waals surface area contributed by atoms with Gasteiger partial charge in [0.1, 0.15) is 0 Å². The van der Waals surface area contributed by atoms with E-state index in [9.17, 15) is 0 Å². The molecule has 0 bridgehead atoms. The maximum atomic E-state index is 5.94. The molecule has 0 spiro atoms. The molecule has 0 aromatic carbocycles. The molecular weight excluding hydrogens is 180 g/mol. The summed E-state index contributed by atoms with van der Waals surface area (Å²) < 4.78 is 8.01. The van der Waals surface area contributed by atoms with E-state index in [1.165, 1.54) is 11.7 Å². The molecule has 1 heterocycles. The van der Waals surface area contributed by atoms with Crippen LogP contribution in [-0.2, 0) is 6.42 Å². The van der Waals surface area contributed by atoms with Gasteiger partial charge >= 0.3 is 0 Å². The summed E-state index contributed by atoms with van der Waals surface area (Å²) >= 11 is 7.19. The second-order valence-corrected chi connectivity index (χ2v) is 3.62. The van der Waals surface area contributed by atoms with Gasteiger partial charge in [-0.05, 0) is 19.3 Å². The first-order valence-corrected chi connectivity index (χ1v) is 4.90. The van der Waals surface area contributed by atoms with Crippen LogP contribution in [0.4, 0.5) is 0 Å². The van der Waals surface area contributed by atoms with Gasteiger partial charge in [0.25, 0.3) is 0 Å². The van der Waals surface area contributed by atoms with Crippen molar-refractivity contribution in [2.24, 2.45) is 0 Å². The zero-order valence-corrected chi connectivity index (χ0v) is 8.03. The third kappa shape index (κ3) is 3.16. The van der Waals surface area contributed by atoms with Gasteiger partial charge in [-0.2, -0.15) is 8.75 Å². The molecule has 0 N–H and O–H groups in total. The van der Waals surface area contributed by atoms with Gasteiger partial charge in [-0.15, -0.1) is 11.6 Å². The van der Waals surface area contributed by atoms with Gasteiger partial charge in [0, 0.05) is 5.38 Å². The first kappa shape index (κ1) is 8.94. The highest BCUT2D eigenvalue weighted by Gasteiger charge is 2.02. The van der Waals surface area contributed by atoms with Crippen molar-refractivity contribution >= 4 is 23.3 Å². The molecule has 1 aromatic heterocycles. The van der Waals surface area contributed by atoms with E-state index in [4.69, 9.17) is 11.6 Å². The van der Waals surface area contributed by atoms with Crippen molar-refractivity contribution in [2.45, 2.75) is 31.6 Å². The van der Waals surface area contributed by atoms with E-state index < -0.39 is 0 Å². The summed E-state index contributed by atoms with van der Waals surface area (Å²) in [6.07, 6.45) is 4.80. The lowest BCUT2D eigenvalue weighted by atomic mass is 10.2. The maximum Gasteiger partial charge on any atom is 0.0743 e. The Labute approximate surface area is 75.9 Å². The van der Waals surface area contributed by atoms with Crippen LogP contribution in [-0.4, -0.2) is 14.1 Å². The van der Waals surface area contributed by atoms with Crippen LogP contribution in [0.1, 0.15) is 25.5 Å². The van der Waals surface area contributed by atoms with Crippen molar-refractivity contribution in [3.63, 3.8) is 0 Å². The highest BCUT2D eigenvalue weighted by molar-refractivity contribution is 6.99. The first-order valence-electron chi connectivity index (χ1n) is 3.73. The molecule has 4 heteroatoms. The van der Waals surface area contributed by atoms with Gasteiger partial charge in [-0.25, -0.2) is 0 Å². The van der Waals surface area contributed by atoms with Crippen molar-refractivity contribution in [3.8, 4) is 0 Å². The van der Waals surface area contributed by atoms with Gasteiger partial charge in [0.15, 0.2) is 0 Å². The van der Waals surface area contributed by atoms with Crippen LogP contribution < -0.4 is 0 Å². The zero-order chi connectivity index (χ0) is 8.10. The molecule has 0 amide bonds. The molecule has 0 fully saturated rings. The lowest BCUT2D eigenvalue weighted by molar-refractivity contribution is 0.720. The van der Waals surface area contributed by atoms with Crippen molar-refractivity contribution < 1.29 is 0 Å². The van der Waals surface area contributed by atoms with Crippen molar-refractivity contribution in [2.75, 3.05) is 0 Å². The molecule has 1 atom stereocenters. The minimum absolute atomic E-state index is 0.289. The molecular formula is C7H11ClN2S.